The molecule has 23 heavy (non-hydrogen) atoms. The van der Waals surface area contributed by atoms with Gasteiger partial charge in [0.05, 0.1) is 11.6 Å². The van der Waals surface area contributed by atoms with Crippen LogP contribution < -0.4 is 0 Å². The molecule has 7 heteroatoms. The highest BCUT2D eigenvalue weighted by Gasteiger charge is 2.17. The minimum absolute atomic E-state index is 0.714. The van der Waals surface area contributed by atoms with Crippen LogP contribution in [0.1, 0.15) is 31.5 Å². The lowest BCUT2D eigenvalue weighted by Gasteiger charge is -2.17. The molecule has 0 amide bonds. The van der Waals surface area contributed by atoms with Gasteiger partial charge in [0.15, 0.2) is 5.82 Å². The van der Waals surface area contributed by atoms with Crippen LogP contribution >= 0.6 is 22.9 Å². The van der Waals surface area contributed by atoms with E-state index >= 15 is 0 Å². The minimum atomic E-state index is 0.714. The summed E-state index contributed by atoms with van der Waals surface area (Å²) in [6.07, 6.45) is 5.20. The van der Waals surface area contributed by atoms with E-state index in [4.69, 9.17) is 16.7 Å². The molecule has 5 nitrogen and oxygen atoms in total. The van der Waals surface area contributed by atoms with Crippen LogP contribution in [-0.4, -0.2) is 37.8 Å². The fraction of sp³-hybridized carbons (Fsp3) is 0.438. The zero-order valence-electron chi connectivity index (χ0n) is 12.8. The molecular formula is C16H18ClN5S. The molecular weight excluding hydrogens is 330 g/mol. The van der Waals surface area contributed by atoms with Gasteiger partial charge < -0.3 is 0 Å². The van der Waals surface area contributed by atoms with Crippen LogP contribution in [0.15, 0.2) is 24.3 Å². The number of hydrogen-bond donors (Lipinski definition) is 0. The Morgan fingerprint density at radius 2 is 1.83 bits per heavy atom. The molecule has 0 atom stereocenters. The van der Waals surface area contributed by atoms with E-state index in [0.29, 0.717) is 5.02 Å². The maximum absolute atomic E-state index is 6.28. The molecule has 1 aliphatic rings. The lowest BCUT2D eigenvalue weighted by molar-refractivity contribution is 0.268. The summed E-state index contributed by atoms with van der Waals surface area (Å²) in [5, 5.41) is 14.9. The molecule has 0 spiro atoms. The molecule has 1 saturated heterocycles. The van der Waals surface area contributed by atoms with Crippen LogP contribution in [0.5, 0.6) is 0 Å². The van der Waals surface area contributed by atoms with Crippen molar-refractivity contribution in [2.24, 2.45) is 0 Å². The minimum Gasteiger partial charge on any atom is -0.296 e. The zero-order valence-corrected chi connectivity index (χ0v) is 14.4. The lowest BCUT2D eigenvalue weighted by atomic mass is 10.2. The van der Waals surface area contributed by atoms with E-state index in [1.165, 1.54) is 37.0 Å². The Bertz CT molecular complexity index is 804. The summed E-state index contributed by atoms with van der Waals surface area (Å²) in [7, 11) is 0. The number of rotatable bonds is 3. The second-order valence-electron chi connectivity index (χ2n) is 5.89. The summed E-state index contributed by atoms with van der Waals surface area (Å²) in [4.78, 5) is 3.28. The number of aromatic nitrogens is 4. The first-order chi connectivity index (χ1) is 11.3. The van der Waals surface area contributed by atoms with Crippen LogP contribution in [0.25, 0.3) is 15.5 Å². The Kier molecular flexibility index (Phi) is 4.29. The number of fused-ring (bicyclic) bond motifs is 1. The highest BCUT2D eigenvalue weighted by molar-refractivity contribution is 7.19. The van der Waals surface area contributed by atoms with Gasteiger partial charge in [0.1, 0.15) is 5.01 Å². The zero-order chi connectivity index (χ0) is 15.6. The SMILES string of the molecule is Clc1ccccc1-c1nn2c(CN3CCCCCC3)nnc2s1. The summed E-state index contributed by atoms with van der Waals surface area (Å²) in [6.45, 7) is 3.08. The Labute approximate surface area is 143 Å². The van der Waals surface area contributed by atoms with Crippen molar-refractivity contribution in [3.63, 3.8) is 0 Å². The van der Waals surface area contributed by atoms with Gasteiger partial charge in [-0.25, -0.2) is 0 Å². The van der Waals surface area contributed by atoms with Crippen molar-refractivity contribution in [3.8, 4) is 10.6 Å². The topological polar surface area (TPSA) is 46.3 Å². The van der Waals surface area contributed by atoms with E-state index in [9.17, 15) is 0 Å². The van der Waals surface area contributed by atoms with Crippen LogP contribution in [0.2, 0.25) is 5.02 Å². The number of halogens is 1. The first-order valence-electron chi connectivity index (χ1n) is 7.99. The summed E-state index contributed by atoms with van der Waals surface area (Å²) < 4.78 is 1.87. The molecule has 0 radical (unpaired) electrons. The standard InChI is InChI=1S/C16H18ClN5S/c17-13-8-4-3-7-12(13)15-20-22-14(18-19-16(22)23-15)11-21-9-5-1-2-6-10-21/h3-4,7-8H,1-2,5-6,9-11H2. The molecule has 0 bridgehead atoms. The Morgan fingerprint density at radius 3 is 2.61 bits per heavy atom. The third kappa shape index (κ3) is 3.11. The molecule has 1 aliphatic heterocycles. The monoisotopic (exact) mass is 347 g/mol. The summed E-state index contributed by atoms with van der Waals surface area (Å²) in [6, 6.07) is 7.78. The van der Waals surface area contributed by atoms with Crippen molar-refractivity contribution in [1.29, 1.82) is 0 Å². The van der Waals surface area contributed by atoms with Gasteiger partial charge in [0, 0.05) is 5.56 Å². The van der Waals surface area contributed by atoms with Crippen molar-refractivity contribution in [2.75, 3.05) is 13.1 Å². The third-order valence-electron chi connectivity index (χ3n) is 4.22. The fourth-order valence-corrected chi connectivity index (χ4v) is 4.17. The smallest absolute Gasteiger partial charge is 0.235 e. The Morgan fingerprint density at radius 1 is 1.04 bits per heavy atom. The maximum atomic E-state index is 6.28. The third-order valence-corrected chi connectivity index (χ3v) is 5.49. The van der Waals surface area contributed by atoms with E-state index < -0.39 is 0 Å². The molecule has 0 aliphatic carbocycles. The fourth-order valence-electron chi connectivity index (χ4n) is 2.99. The normalized spacial score (nSPS) is 16.7. The highest BCUT2D eigenvalue weighted by atomic mass is 35.5. The van der Waals surface area contributed by atoms with Gasteiger partial charge in [-0.3, -0.25) is 4.90 Å². The number of benzene rings is 1. The molecule has 1 aromatic carbocycles. The van der Waals surface area contributed by atoms with Crippen molar-refractivity contribution in [1.82, 2.24) is 24.7 Å². The molecule has 2 aromatic heterocycles. The van der Waals surface area contributed by atoms with Gasteiger partial charge in [-0.15, -0.1) is 10.2 Å². The van der Waals surface area contributed by atoms with Crippen LogP contribution in [0.4, 0.5) is 0 Å². The molecule has 0 unspecified atom stereocenters. The molecule has 1 fully saturated rings. The Balaban J connectivity index is 1.63. The first-order valence-corrected chi connectivity index (χ1v) is 9.19. The lowest BCUT2D eigenvalue weighted by Crippen LogP contribution is -2.25. The van der Waals surface area contributed by atoms with Gasteiger partial charge in [-0.2, -0.15) is 9.61 Å². The molecule has 120 valence electrons. The molecule has 4 rings (SSSR count). The number of likely N-dealkylation sites (tertiary alicyclic amines) is 1. The predicted molar refractivity (Wildman–Crippen MR) is 92.9 cm³/mol. The van der Waals surface area contributed by atoms with Crippen LogP contribution in [-0.2, 0) is 6.54 Å². The highest BCUT2D eigenvalue weighted by Crippen LogP contribution is 2.31. The largest absolute Gasteiger partial charge is 0.296 e. The van der Waals surface area contributed by atoms with Gasteiger partial charge in [0.2, 0.25) is 4.96 Å². The average molecular weight is 348 g/mol. The second kappa shape index (κ2) is 6.55. The average Bonchev–Trinajstić information content (AvgIpc) is 3.02. The maximum Gasteiger partial charge on any atom is 0.235 e. The summed E-state index contributed by atoms with van der Waals surface area (Å²) in [5.74, 6) is 0.913. The molecule has 3 aromatic rings. The number of nitrogens with zero attached hydrogens (tertiary/aromatic N) is 5. The molecule has 0 saturated carbocycles. The van der Waals surface area contributed by atoms with Gasteiger partial charge in [-0.05, 0) is 32.0 Å². The van der Waals surface area contributed by atoms with E-state index in [1.807, 2.05) is 28.8 Å². The van der Waals surface area contributed by atoms with Crippen molar-refractivity contribution >= 4 is 27.9 Å². The summed E-state index contributed by atoms with van der Waals surface area (Å²) >= 11 is 7.81. The van der Waals surface area contributed by atoms with Crippen molar-refractivity contribution in [2.45, 2.75) is 32.2 Å². The van der Waals surface area contributed by atoms with E-state index in [1.54, 1.807) is 0 Å². The van der Waals surface area contributed by atoms with Gasteiger partial charge >= 0.3 is 0 Å². The second-order valence-corrected chi connectivity index (χ2v) is 7.25. The summed E-state index contributed by atoms with van der Waals surface area (Å²) in [5.41, 5.74) is 0.949. The van der Waals surface area contributed by atoms with Gasteiger partial charge in [-0.1, -0.05) is 54.0 Å². The van der Waals surface area contributed by atoms with Crippen LogP contribution in [0.3, 0.4) is 0 Å². The van der Waals surface area contributed by atoms with Crippen molar-refractivity contribution in [3.05, 3.63) is 35.1 Å². The predicted octanol–water partition coefficient (Wildman–Crippen LogP) is 3.88. The first kappa shape index (κ1) is 15.1. The molecule has 3 heterocycles. The van der Waals surface area contributed by atoms with Crippen LogP contribution in [0, 0.1) is 0 Å². The molecule has 0 N–H and O–H groups in total. The number of hydrogen-bond acceptors (Lipinski definition) is 5. The van der Waals surface area contributed by atoms with Crippen molar-refractivity contribution < 1.29 is 0 Å². The van der Waals surface area contributed by atoms with E-state index in [0.717, 1.165) is 41.0 Å². The van der Waals surface area contributed by atoms with Gasteiger partial charge in [0.25, 0.3) is 0 Å². The Hall–Kier alpha value is -1.50. The van der Waals surface area contributed by atoms with E-state index in [-0.39, 0.29) is 0 Å². The quantitative estimate of drug-likeness (QED) is 0.721. The van der Waals surface area contributed by atoms with E-state index in [2.05, 4.69) is 15.1 Å².